The zero-order chi connectivity index (χ0) is 14.7. The SMILES string of the molecule is CCN(Cc1c(O)ccc2ccccc12)C1CCCNC1. The normalized spacial score (nSPS) is 19.2. The standard InChI is InChI=1S/C18H24N2O/c1-2-20(15-7-5-11-19-12-15)13-17-16-8-4-3-6-14(16)9-10-18(17)21/h3-4,6,8-10,15,19,21H,2,5,7,11-13H2,1H3. The number of hydrogen-bond acceptors (Lipinski definition) is 3. The summed E-state index contributed by atoms with van der Waals surface area (Å²) in [5.74, 6) is 0.413. The number of nitrogens with one attached hydrogen (secondary N) is 1. The maximum Gasteiger partial charge on any atom is 0.120 e. The molecule has 0 aromatic heterocycles. The highest BCUT2D eigenvalue weighted by atomic mass is 16.3. The molecule has 112 valence electrons. The number of hydrogen-bond donors (Lipinski definition) is 2. The van der Waals surface area contributed by atoms with E-state index in [0.717, 1.165) is 31.7 Å². The highest BCUT2D eigenvalue weighted by Crippen LogP contribution is 2.29. The van der Waals surface area contributed by atoms with Gasteiger partial charge in [0.15, 0.2) is 0 Å². The Hall–Kier alpha value is -1.58. The average Bonchev–Trinajstić information content (AvgIpc) is 2.55. The maximum absolute atomic E-state index is 10.3. The molecule has 3 nitrogen and oxygen atoms in total. The molecular formula is C18H24N2O. The first-order valence-corrected chi connectivity index (χ1v) is 7.94. The number of aromatic hydroxyl groups is 1. The second kappa shape index (κ2) is 6.46. The van der Waals surface area contributed by atoms with Crippen molar-refractivity contribution in [3.63, 3.8) is 0 Å². The number of nitrogens with zero attached hydrogens (tertiary/aromatic N) is 1. The van der Waals surface area contributed by atoms with Crippen LogP contribution < -0.4 is 5.32 Å². The first-order chi connectivity index (χ1) is 10.3. The van der Waals surface area contributed by atoms with Crippen molar-refractivity contribution in [3.05, 3.63) is 42.0 Å². The third-order valence-electron chi connectivity index (χ3n) is 4.57. The summed E-state index contributed by atoms with van der Waals surface area (Å²) < 4.78 is 0. The Kier molecular flexibility index (Phi) is 4.42. The van der Waals surface area contributed by atoms with Gasteiger partial charge < -0.3 is 10.4 Å². The number of rotatable bonds is 4. The van der Waals surface area contributed by atoms with Crippen molar-refractivity contribution in [1.82, 2.24) is 10.2 Å². The summed E-state index contributed by atoms with van der Waals surface area (Å²) in [6.45, 7) is 6.22. The van der Waals surface area contributed by atoms with Gasteiger partial charge in [-0.15, -0.1) is 0 Å². The lowest BCUT2D eigenvalue weighted by atomic mass is 10.0. The third kappa shape index (κ3) is 3.04. The van der Waals surface area contributed by atoms with E-state index in [1.54, 1.807) is 0 Å². The zero-order valence-corrected chi connectivity index (χ0v) is 12.7. The summed E-state index contributed by atoms with van der Waals surface area (Å²) in [5, 5.41) is 16.2. The summed E-state index contributed by atoms with van der Waals surface area (Å²) >= 11 is 0. The highest BCUT2D eigenvalue weighted by molar-refractivity contribution is 5.87. The molecule has 0 radical (unpaired) electrons. The fraction of sp³-hybridized carbons (Fsp3) is 0.444. The van der Waals surface area contributed by atoms with Gasteiger partial charge in [0.1, 0.15) is 5.75 Å². The number of phenols is 1. The topological polar surface area (TPSA) is 35.5 Å². The average molecular weight is 284 g/mol. The molecule has 1 fully saturated rings. The summed E-state index contributed by atoms with van der Waals surface area (Å²) in [7, 11) is 0. The van der Waals surface area contributed by atoms with E-state index < -0.39 is 0 Å². The molecule has 1 aliphatic rings. The smallest absolute Gasteiger partial charge is 0.120 e. The van der Waals surface area contributed by atoms with E-state index in [9.17, 15) is 5.11 Å². The van der Waals surface area contributed by atoms with Crippen molar-refractivity contribution in [1.29, 1.82) is 0 Å². The van der Waals surface area contributed by atoms with Crippen LogP contribution >= 0.6 is 0 Å². The van der Waals surface area contributed by atoms with Crippen LogP contribution in [0.1, 0.15) is 25.3 Å². The lowest BCUT2D eigenvalue weighted by Gasteiger charge is -2.34. The number of fused-ring (bicyclic) bond motifs is 1. The Morgan fingerprint density at radius 1 is 1.24 bits per heavy atom. The van der Waals surface area contributed by atoms with Gasteiger partial charge in [0.2, 0.25) is 0 Å². The molecule has 1 aliphatic heterocycles. The van der Waals surface area contributed by atoms with Crippen LogP contribution in [-0.4, -0.2) is 35.7 Å². The first kappa shape index (κ1) is 14.4. The van der Waals surface area contributed by atoms with E-state index in [1.165, 1.54) is 23.6 Å². The minimum absolute atomic E-state index is 0.413. The van der Waals surface area contributed by atoms with Crippen LogP contribution in [0.2, 0.25) is 0 Å². The fourth-order valence-corrected chi connectivity index (χ4v) is 3.34. The third-order valence-corrected chi connectivity index (χ3v) is 4.57. The number of phenolic OH excluding ortho intramolecular Hbond substituents is 1. The largest absolute Gasteiger partial charge is 0.508 e. The van der Waals surface area contributed by atoms with E-state index in [4.69, 9.17) is 0 Å². The molecule has 3 heteroatoms. The second-order valence-electron chi connectivity index (χ2n) is 5.85. The van der Waals surface area contributed by atoms with Gasteiger partial charge in [0.05, 0.1) is 0 Å². The van der Waals surface area contributed by atoms with Crippen molar-refractivity contribution in [2.75, 3.05) is 19.6 Å². The molecule has 2 N–H and O–H groups in total. The highest BCUT2D eigenvalue weighted by Gasteiger charge is 2.21. The van der Waals surface area contributed by atoms with E-state index in [0.29, 0.717) is 11.8 Å². The Morgan fingerprint density at radius 2 is 2.10 bits per heavy atom. The molecule has 1 atom stereocenters. The predicted octanol–water partition coefficient (Wildman–Crippen LogP) is 3.12. The fourth-order valence-electron chi connectivity index (χ4n) is 3.34. The van der Waals surface area contributed by atoms with Gasteiger partial charge in [-0.1, -0.05) is 37.3 Å². The Balaban J connectivity index is 1.90. The monoisotopic (exact) mass is 284 g/mol. The molecule has 0 saturated carbocycles. The van der Waals surface area contributed by atoms with Crippen molar-refractivity contribution in [2.24, 2.45) is 0 Å². The summed E-state index contributed by atoms with van der Waals surface area (Å²) in [5.41, 5.74) is 1.06. The molecule has 0 bridgehead atoms. The summed E-state index contributed by atoms with van der Waals surface area (Å²) in [4.78, 5) is 2.48. The summed E-state index contributed by atoms with van der Waals surface area (Å²) in [6.07, 6.45) is 2.48. The number of likely N-dealkylation sites (N-methyl/N-ethyl adjacent to an activating group) is 1. The molecule has 1 saturated heterocycles. The van der Waals surface area contributed by atoms with Crippen LogP contribution in [0.5, 0.6) is 5.75 Å². The Morgan fingerprint density at radius 3 is 2.86 bits per heavy atom. The Bertz CT molecular complexity index is 605. The van der Waals surface area contributed by atoms with Gasteiger partial charge in [-0.3, -0.25) is 4.90 Å². The Labute approximate surface area is 126 Å². The maximum atomic E-state index is 10.3. The lowest BCUT2D eigenvalue weighted by molar-refractivity contribution is 0.165. The van der Waals surface area contributed by atoms with E-state index in [1.807, 2.05) is 24.3 Å². The van der Waals surface area contributed by atoms with Crippen molar-refractivity contribution in [3.8, 4) is 5.75 Å². The molecule has 0 amide bonds. The van der Waals surface area contributed by atoms with Crippen LogP contribution in [0.15, 0.2) is 36.4 Å². The minimum Gasteiger partial charge on any atom is -0.508 e. The van der Waals surface area contributed by atoms with E-state index >= 15 is 0 Å². The van der Waals surface area contributed by atoms with Crippen molar-refractivity contribution < 1.29 is 5.11 Å². The van der Waals surface area contributed by atoms with Crippen LogP contribution in [-0.2, 0) is 6.54 Å². The van der Waals surface area contributed by atoms with Crippen molar-refractivity contribution >= 4 is 10.8 Å². The van der Waals surface area contributed by atoms with Gasteiger partial charge in [-0.05, 0) is 42.8 Å². The van der Waals surface area contributed by atoms with Crippen LogP contribution in [0.25, 0.3) is 10.8 Å². The molecule has 0 spiro atoms. The molecule has 21 heavy (non-hydrogen) atoms. The minimum atomic E-state index is 0.413. The van der Waals surface area contributed by atoms with E-state index in [2.05, 4.69) is 29.3 Å². The quantitative estimate of drug-likeness (QED) is 0.905. The van der Waals surface area contributed by atoms with Crippen LogP contribution in [0, 0.1) is 0 Å². The molecule has 1 heterocycles. The van der Waals surface area contributed by atoms with Crippen LogP contribution in [0.4, 0.5) is 0 Å². The molecule has 3 rings (SSSR count). The molecule has 0 aliphatic carbocycles. The van der Waals surface area contributed by atoms with Gasteiger partial charge in [0.25, 0.3) is 0 Å². The summed E-state index contributed by atoms with van der Waals surface area (Å²) in [6, 6.07) is 12.7. The second-order valence-corrected chi connectivity index (χ2v) is 5.85. The van der Waals surface area contributed by atoms with Gasteiger partial charge in [-0.2, -0.15) is 0 Å². The molecular weight excluding hydrogens is 260 g/mol. The first-order valence-electron chi connectivity index (χ1n) is 7.94. The lowest BCUT2D eigenvalue weighted by Crippen LogP contribution is -2.45. The van der Waals surface area contributed by atoms with E-state index in [-0.39, 0.29) is 0 Å². The van der Waals surface area contributed by atoms with Crippen molar-refractivity contribution in [2.45, 2.75) is 32.4 Å². The van der Waals surface area contributed by atoms with Gasteiger partial charge >= 0.3 is 0 Å². The molecule has 1 unspecified atom stereocenters. The van der Waals surface area contributed by atoms with Gasteiger partial charge in [-0.25, -0.2) is 0 Å². The molecule has 2 aromatic rings. The predicted molar refractivity (Wildman–Crippen MR) is 87.6 cm³/mol. The zero-order valence-electron chi connectivity index (χ0n) is 12.7. The number of piperidine rings is 1. The number of benzene rings is 2. The molecule has 2 aromatic carbocycles. The van der Waals surface area contributed by atoms with Gasteiger partial charge in [0, 0.05) is 24.7 Å². The van der Waals surface area contributed by atoms with Crippen LogP contribution in [0.3, 0.4) is 0 Å².